The van der Waals surface area contributed by atoms with Crippen LogP contribution in [0, 0.1) is 0 Å². The number of carbonyl (C=O) groups is 1. The van der Waals surface area contributed by atoms with E-state index in [-0.39, 0.29) is 5.78 Å². The van der Waals surface area contributed by atoms with E-state index in [9.17, 15) is 4.79 Å². The van der Waals surface area contributed by atoms with Crippen molar-refractivity contribution in [1.82, 2.24) is 0 Å². The van der Waals surface area contributed by atoms with Crippen molar-refractivity contribution in [3.8, 4) is 0 Å². The van der Waals surface area contributed by atoms with Gasteiger partial charge in [-0.3, -0.25) is 4.79 Å². The standard InChI is InChI=1S/C7H8ClNO/c1-4-2-7(10)6(9)3-5(4)8/h2-3,6H,9H2,1H3. The highest BCUT2D eigenvalue weighted by atomic mass is 35.5. The first-order chi connectivity index (χ1) is 4.61. The lowest BCUT2D eigenvalue weighted by Gasteiger charge is -2.10. The van der Waals surface area contributed by atoms with Crippen LogP contribution in [0.1, 0.15) is 6.92 Å². The normalized spacial score (nSPS) is 25.9. The zero-order valence-electron chi connectivity index (χ0n) is 5.60. The molecule has 3 heteroatoms. The first kappa shape index (κ1) is 7.51. The molecule has 0 aromatic rings. The fraction of sp³-hybridized carbons (Fsp3) is 0.286. The Labute approximate surface area is 64.3 Å². The van der Waals surface area contributed by atoms with E-state index in [2.05, 4.69) is 0 Å². The number of hydrogen-bond donors (Lipinski definition) is 1. The number of nitrogens with two attached hydrogens (primary N) is 1. The van der Waals surface area contributed by atoms with E-state index >= 15 is 0 Å². The predicted octanol–water partition coefficient (Wildman–Crippen LogP) is 0.965. The van der Waals surface area contributed by atoms with Gasteiger partial charge >= 0.3 is 0 Å². The Balaban J connectivity index is 2.94. The lowest BCUT2D eigenvalue weighted by molar-refractivity contribution is -0.115. The summed E-state index contributed by atoms with van der Waals surface area (Å²) in [6.45, 7) is 1.78. The molecule has 2 nitrogen and oxygen atoms in total. The van der Waals surface area contributed by atoms with Gasteiger partial charge in [0, 0.05) is 5.03 Å². The molecule has 0 aromatic heterocycles. The number of rotatable bonds is 0. The zero-order chi connectivity index (χ0) is 7.72. The second-order valence-corrected chi connectivity index (χ2v) is 2.68. The summed E-state index contributed by atoms with van der Waals surface area (Å²) in [5.41, 5.74) is 6.16. The van der Waals surface area contributed by atoms with Gasteiger partial charge in [-0.2, -0.15) is 0 Å². The van der Waals surface area contributed by atoms with E-state index in [1.54, 1.807) is 13.0 Å². The fourth-order valence-electron chi connectivity index (χ4n) is 0.750. The van der Waals surface area contributed by atoms with Crippen LogP contribution < -0.4 is 5.73 Å². The van der Waals surface area contributed by atoms with Gasteiger partial charge in [0.05, 0.1) is 6.04 Å². The van der Waals surface area contributed by atoms with Crippen molar-refractivity contribution in [3.63, 3.8) is 0 Å². The van der Waals surface area contributed by atoms with Gasteiger partial charge in [0.2, 0.25) is 0 Å². The number of carbonyl (C=O) groups excluding carboxylic acids is 1. The van der Waals surface area contributed by atoms with Gasteiger partial charge in [-0.15, -0.1) is 0 Å². The number of halogens is 1. The predicted molar refractivity (Wildman–Crippen MR) is 40.7 cm³/mol. The van der Waals surface area contributed by atoms with E-state index in [0.29, 0.717) is 5.03 Å². The first-order valence-electron chi connectivity index (χ1n) is 2.96. The molecule has 1 aliphatic carbocycles. The Morgan fingerprint density at radius 2 is 2.30 bits per heavy atom. The highest BCUT2D eigenvalue weighted by molar-refractivity contribution is 6.33. The quantitative estimate of drug-likeness (QED) is 0.570. The molecule has 0 spiro atoms. The third-order valence-corrected chi connectivity index (χ3v) is 1.81. The summed E-state index contributed by atoms with van der Waals surface area (Å²) >= 11 is 5.69. The number of hydrogen-bond acceptors (Lipinski definition) is 2. The second kappa shape index (κ2) is 2.56. The lowest BCUT2D eigenvalue weighted by Crippen LogP contribution is -2.29. The molecule has 0 fully saturated rings. The van der Waals surface area contributed by atoms with E-state index in [4.69, 9.17) is 17.3 Å². The number of ketones is 1. The second-order valence-electron chi connectivity index (χ2n) is 2.27. The Morgan fingerprint density at radius 1 is 1.70 bits per heavy atom. The van der Waals surface area contributed by atoms with Gasteiger partial charge in [0.15, 0.2) is 5.78 Å². The summed E-state index contributed by atoms with van der Waals surface area (Å²) < 4.78 is 0. The van der Waals surface area contributed by atoms with Crippen molar-refractivity contribution in [1.29, 1.82) is 0 Å². The minimum absolute atomic E-state index is 0.0816. The zero-order valence-corrected chi connectivity index (χ0v) is 6.35. The molecule has 1 atom stereocenters. The average molecular weight is 158 g/mol. The molecule has 0 saturated heterocycles. The minimum atomic E-state index is -0.545. The smallest absolute Gasteiger partial charge is 0.176 e. The summed E-state index contributed by atoms with van der Waals surface area (Å²) in [4.78, 5) is 10.8. The SMILES string of the molecule is CC1=CC(=O)C(N)C=C1Cl. The highest BCUT2D eigenvalue weighted by Crippen LogP contribution is 2.18. The maximum atomic E-state index is 10.8. The molecule has 0 bridgehead atoms. The minimum Gasteiger partial charge on any atom is -0.318 e. The molecule has 1 aliphatic rings. The van der Waals surface area contributed by atoms with Crippen molar-refractivity contribution >= 4 is 17.4 Å². The lowest BCUT2D eigenvalue weighted by atomic mass is 10.0. The van der Waals surface area contributed by atoms with Crippen LogP contribution in [-0.2, 0) is 4.79 Å². The van der Waals surface area contributed by atoms with E-state index < -0.39 is 6.04 Å². The van der Waals surface area contributed by atoms with Crippen LogP contribution >= 0.6 is 11.6 Å². The molecule has 1 rings (SSSR count). The van der Waals surface area contributed by atoms with Crippen LogP contribution in [0.15, 0.2) is 22.8 Å². The molecule has 0 heterocycles. The maximum Gasteiger partial charge on any atom is 0.176 e. The van der Waals surface area contributed by atoms with Gasteiger partial charge in [-0.25, -0.2) is 0 Å². The van der Waals surface area contributed by atoms with Crippen LogP contribution in [0.4, 0.5) is 0 Å². The Hall–Kier alpha value is -0.600. The van der Waals surface area contributed by atoms with Gasteiger partial charge in [0.25, 0.3) is 0 Å². The molecular weight excluding hydrogens is 150 g/mol. The molecule has 1 unspecified atom stereocenters. The molecule has 0 radical (unpaired) electrons. The third kappa shape index (κ3) is 1.28. The Kier molecular flexibility index (Phi) is 1.92. The molecular formula is C7H8ClNO. The van der Waals surface area contributed by atoms with Crippen molar-refractivity contribution in [2.45, 2.75) is 13.0 Å². The monoisotopic (exact) mass is 157 g/mol. The van der Waals surface area contributed by atoms with Crippen LogP contribution in [0.5, 0.6) is 0 Å². The Bertz CT molecular complexity index is 230. The van der Waals surface area contributed by atoms with Crippen molar-refractivity contribution in [3.05, 3.63) is 22.8 Å². The molecule has 2 N–H and O–H groups in total. The van der Waals surface area contributed by atoms with Crippen molar-refractivity contribution in [2.75, 3.05) is 0 Å². The third-order valence-electron chi connectivity index (χ3n) is 1.39. The molecule has 10 heavy (non-hydrogen) atoms. The first-order valence-corrected chi connectivity index (χ1v) is 3.34. The van der Waals surface area contributed by atoms with E-state index in [1.807, 2.05) is 0 Å². The molecule has 54 valence electrons. The summed E-state index contributed by atoms with van der Waals surface area (Å²) in [6, 6.07) is -0.545. The largest absolute Gasteiger partial charge is 0.318 e. The summed E-state index contributed by atoms with van der Waals surface area (Å²) in [7, 11) is 0. The molecule has 0 aliphatic heterocycles. The molecule has 0 aromatic carbocycles. The van der Waals surface area contributed by atoms with Gasteiger partial charge in [-0.05, 0) is 24.6 Å². The topological polar surface area (TPSA) is 43.1 Å². The Morgan fingerprint density at radius 3 is 2.80 bits per heavy atom. The van der Waals surface area contributed by atoms with Crippen LogP contribution in [0.2, 0.25) is 0 Å². The summed E-state index contributed by atoms with van der Waals surface area (Å²) in [5, 5.41) is 0.576. The summed E-state index contributed by atoms with van der Waals surface area (Å²) in [6.07, 6.45) is 3.02. The van der Waals surface area contributed by atoms with Crippen LogP contribution in [0.25, 0.3) is 0 Å². The van der Waals surface area contributed by atoms with Crippen molar-refractivity contribution < 1.29 is 4.79 Å². The number of allylic oxidation sites excluding steroid dienone is 2. The highest BCUT2D eigenvalue weighted by Gasteiger charge is 2.14. The fourth-order valence-corrected chi connectivity index (χ4v) is 0.940. The van der Waals surface area contributed by atoms with Crippen LogP contribution in [0.3, 0.4) is 0 Å². The maximum absolute atomic E-state index is 10.8. The van der Waals surface area contributed by atoms with E-state index in [0.717, 1.165) is 5.57 Å². The van der Waals surface area contributed by atoms with Gasteiger partial charge in [0.1, 0.15) is 0 Å². The van der Waals surface area contributed by atoms with Gasteiger partial charge in [-0.1, -0.05) is 11.6 Å². The molecule has 0 saturated carbocycles. The van der Waals surface area contributed by atoms with E-state index in [1.165, 1.54) is 6.08 Å². The summed E-state index contributed by atoms with van der Waals surface area (Å²) in [5.74, 6) is -0.0816. The molecule has 0 amide bonds. The van der Waals surface area contributed by atoms with Crippen LogP contribution in [-0.4, -0.2) is 11.8 Å². The van der Waals surface area contributed by atoms with Crippen molar-refractivity contribution in [2.24, 2.45) is 5.73 Å². The van der Waals surface area contributed by atoms with Gasteiger partial charge < -0.3 is 5.73 Å². The average Bonchev–Trinajstić information content (AvgIpc) is 1.84.